The molecular formula is C12H14FN3O2. The molecule has 0 spiro atoms. The summed E-state index contributed by atoms with van der Waals surface area (Å²) in [6.07, 6.45) is 0.693. The van der Waals surface area contributed by atoms with Gasteiger partial charge in [-0.05, 0) is 24.6 Å². The maximum absolute atomic E-state index is 12.9. The zero-order chi connectivity index (χ0) is 13.1. The molecule has 0 saturated carbocycles. The fourth-order valence-electron chi connectivity index (χ4n) is 1.88. The van der Waals surface area contributed by atoms with Gasteiger partial charge in [0.25, 0.3) is 5.91 Å². The summed E-state index contributed by atoms with van der Waals surface area (Å²) < 4.78 is 12.9. The molecule has 18 heavy (non-hydrogen) atoms. The van der Waals surface area contributed by atoms with E-state index in [1.807, 2.05) is 0 Å². The molecule has 0 radical (unpaired) electrons. The highest BCUT2D eigenvalue weighted by molar-refractivity contribution is 6.00. The Morgan fingerprint density at radius 2 is 2.22 bits per heavy atom. The van der Waals surface area contributed by atoms with E-state index in [0.717, 1.165) is 6.07 Å². The third kappa shape index (κ3) is 2.58. The van der Waals surface area contributed by atoms with Gasteiger partial charge in [0.2, 0.25) is 5.91 Å². The van der Waals surface area contributed by atoms with Crippen molar-refractivity contribution in [1.29, 1.82) is 0 Å². The van der Waals surface area contributed by atoms with Crippen LogP contribution in [-0.4, -0.2) is 36.3 Å². The molecule has 0 unspecified atom stereocenters. The van der Waals surface area contributed by atoms with Crippen LogP contribution in [0, 0.1) is 5.82 Å². The van der Waals surface area contributed by atoms with Crippen molar-refractivity contribution in [2.75, 3.05) is 25.4 Å². The average Bonchev–Trinajstić information content (AvgIpc) is 2.53. The number of hydrogen-bond donors (Lipinski definition) is 2. The predicted molar refractivity (Wildman–Crippen MR) is 64.3 cm³/mol. The normalized spacial score (nSPS) is 16.1. The number of carbonyl (C=O) groups is 2. The van der Waals surface area contributed by atoms with E-state index in [4.69, 9.17) is 5.73 Å². The summed E-state index contributed by atoms with van der Waals surface area (Å²) in [6, 6.07) is 3.63. The van der Waals surface area contributed by atoms with Crippen LogP contribution in [0.3, 0.4) is 0 Å². The number of hydrogen-bond acceptors (Lipinski definition) is 3. The highest BCUT2D eigenvalue weighted by Gasteiger charge is 2.22. The van der Waals surface area contributed by atoms with Gasteiger partial charge in [-0.3, -0.25) is 9.59 Å². The van der Waals surface area contributed by atoms with Gasteiger partial charge in [-0.15, -0.1) is 0 Å². The minimum Gasteiger partial charge on any atom is -0.398 e. The van der Waals surface area contributed by atoms with Crippen LogP contribution >= 0.6 is 0 Å². The molecule has 1 aromatic rings. The highest BCUT2D eigenvalue weighted by atomic mass is 19.1. The van der Waals surface area contributed by atoms with Crippen LogP contribution in [0.5, 0.6) is 0 Å². The largest absolute Gasteiger partial charge is 0.398 e. The molecule has 1 aliphatic rings. The first-order valence-corrected chi connectivity index (χ1v) is 5.69. The lowest BCUT2D eigenvalue weighted by atomic mass is 10.1. The summed E-state index contributed by atoms with van der Waals surface area (Å²) in [4.78, 5) is 25.0. The summed E-state index contributed by atoms with van der Waals surface area (Å²) >= 11 is 0. The van der Waals surface area contributed by atoms with E-state index in [2.05, 4.69) is 5.32 Å². The van der Waals surface area contributed by atoms with Crippen molar-refractivity contribution >= 4 is 17.5 Å². The lowest BCUT2D eigenvalue weighted by Gasteiger charge is -2.19. The lowest BCUT2D eigenvalue weighted by molar-refractivity contribution is -0.121. The van der Waals surface area contributed by atoms with E-state index in [-0.39, 0.29) is 29.6 Å². The van der Waals surface area contributed by atoms with Crippen LogP contribution in [0.25, 0.3) is 0 Å². The Labute approximate surface area is 104 Å². The fourth-order valence-corrected chi connectivity index (χ4v) is 1.88. The minimum atomic E-state index is -0.488. The average molecular weight is 251 g/mol. The Balaban J connectivity index is 2.21. The molecule has 1 saturated heterocycles. The second-order valence-corrected chi connectivity index (χ2v) is 4.16. The standard InChI is InChI=1S/C12H14FN3O2/c13-8-2-3-9(10(14)6-8)12(18)16-5-1-4-15-11(17)7-16/h2-3,6H,1,4-5,7,14H2,(H,15,17). The number of nitrogens with one attached hydrogen (secondary N) is 1. The smallest absolute Gasteiger partial charge is 0.256 e. The van der Waals surface area contributed by atoms with Crippen LogP contribution in [0.15, 0.2) is 18.2 Å². The molecule has 1 heterocycles. The van der Waals surface area contributed by atoms with Crippen molar-refractivity contribution in [1.82, 2.24) is 10.2 Å². The van der Waals surface area contributed by atoms with E-state index < -0.39 is 5.82 Å². The van der Waals surface area contributed by atoms with Crippen LogP contribution in [-0.2, 0) is 4.79 Å². The first kappa shape index (κ1) is 12.3. The number of nitrogens with two attached hydrogens (primary N) is 1. The highest BCUT2D eigenvalue weighted by Crippen LogP contribution is 2.16. The number of halogens is 1. The monoisotopic (exact) mass is 251 g/mol. The van der Waals surface area contributed by atoms with Crippen LogP contribution in [0.2, 0.25) is 0 Å². The molecule has 1 aromatic carbocycles. The zero-order valence-electron chi connectivity index (χ0n) is 9.78. The van der Waals surface area contributed by atoms with Gasteiger partial charge in [-0.2, -0.15) is 0 Å². The van der Waals surface area contributed by atoms with Crippen LogP contribution < -0.4 is 11.1 Å². The van der Waals surface area contributed by atoms with Gasteiger partial charge < -0.3 is 16.0 Å². The third-order valence-electron chi connectivity index (χ3n) is 2.79. The molecule has 2 rings (SSSR count). The summed E-state index contributed by atoms with van der Waals surface area (Å²) in [5, 5.41) is 2.68. The SMILES string of the molecule is Nc1cc(F)ccc1C(=O)N1CCCNC(=O)C1. The number of nitrogens with zero attached hydrogens (tertiary/aromatic N) is 1. The molecule has 5 nitrogen and oxygen atoms in total. The molecule has 0 bridgehead atoms. The summed E-state index contributed by atoms with van der Waals surface area (Å²) in [5.74, 6) is -1.02. The van der Waals surface area contributed by atoms with Gasteiger partial charge in [0.1, 0.15) is 5.82 Å². The number of nitrogen functional groups attached to an aromatic ring is 1. The van der Waals surface area contributed by atoms with E-state index in [1.165, 1.54) is 17.0 Å². The molecule has 2 amide bonds. The molecule has 0 aliphatic carbocycles. The quantitative estimate of drug-likeness (QED) is 0.708. The Morgan fingerprint density at radius 3 is 2.94 bits per heavy atom. The van der Waals surface area contributed by atoms with E-state index in [1.54, 1.807) is 0 Å². The Morgan fingerprint density at radius 1 is 1.44 bits per heavy atom. The van der Waals surface area contributed by atoms with Crippen molar-refractivity contribution in [3.63, 3.8) is 0 Å². The van der Waals surface area contributed by atoms with Crippen LogP contribution in [0.1, 0.15) is 16.8 Å². The predicted octanol–water partition coefficient (Wildman–Crippen LogP) is 0.370. The number of rotatable bonds is 1. The first-order chi connectivity index (χ1) is 8.58. The maximum atomic E-state index is 12.9. The third-order valence-corrected chi connectivity index (χ3v) is 2.79. The summed E-state index contributed by atoms with van der Waals surface area (Å²) in [7, 11) is 0. The second kappa shape index (κ2) is 5.03. The Hall–Kier alpha value is -2.11. The molecular weight excluding hydrogens is 237 g/mol. The van der Waals surface area contributed by atoms with Gasteiger partial charge in [0, 0.05) is 18.8 Å². The number of amides is 2. The van der Waals surface area contributed by atoms with Gasteiger partial charge in [-0.1, -0.05) is 0 Å². The molecule has 3 N–H and O–H groups in total. The number of carbonyl (C=O) groups excluding carboxylic acids is 2. The van der Waals surface area contributed by atoms with Crippen molar-refractivity contribution in [2.45, 2.75) is 6.42 Å². The molecule has 1 fully saturated rings. The summed E-state index contributed by atoms with van der Waals surface area (Å²) in [6.45, 7) is 1.05. The topological polar surface area (TPSA) is 75.4 Å². The van der Waals surface area contributed by atoms with E-state index in [9.17, 15) is 14.0 Å². The molecule has 1 aliphatic heterocycles. The van der Waals surface area contributed by atoms with Crippen molar-refractivity contribution in [3.8, 4) is 0 Å². The molecule has 6 heteroatoms. The van der Waals surface area contributed by atoms with E-state index >= 15 is 0 Å². The zero-order valence-corrected chi connectivity index (χ0v) is 9.78. The van der Waals surface area contributed by atoms with Crippen molar-refractivity contribution in [2.24, 2.45) is 0 Å². The Bertz CT molecular complexity index is 490. The lowest BCUT2D eigenvalue weighted by Crippen LogP contribution is -2.37. The Kier molecular flexibility index (Phi) is 3.45. The van der Waals surface area contributed by atoms with Gasteiger partial charge >= 0.3 is 0 Å². The van der Waals surface area contributed by atoms with Gasteiger partial charge in [0.15, 0.2) is 0 Å². The molecule has 0 aromatic heterocycles. The molecule has 96 valence electrons. The van der Waals surface area contributed by atoms with Gasteiger partial charge in [0.05, 0.1) is 12.1 Å². The first-order valence-electron chi connectivity index (χ1n) is 5.69. The number of anilines is 1. The summed E-state index contributed by atoms with van der Waals surface area (Å²) in [5.41, 5.74) is 5.93. The van der Waals surface area contributed by atoms with Crippen molar-refractivity contribution in [3.05, 3.63) is 29.6 Å². The van der Waals surface area contributed by atoms with Gasteiger partial charge in [-0.25, -0.2) is 4.39 Å². The van der Waals surface area contributed by atoms with E-state index in [0.29, 0.717) is 19.5 Å². The number of benzene rings is 1. The minimum absolute atomic E-state index is 0.00957. The maximum Gasteiger partial charge on any atom is 0.256 e. The second-order valence-electron chi connectivity index (χ2n) is 4.16. The molecule has 0 atom stereocenters. The van der Waals surface area contributed by atoms with Crippen molar-refractivity contribution < 1.29 is 14.0 Å². The van der Waals surface area contributed by atoms with Crippen LogP contribution in [0.4, 0.5) is 10.1 Å². The fraction of sp³-hybridized carbons (Fsp3) is 0.333.